The van der Waals surface area contributed by atoms with E-state index >= 15 is 0 Å². The Balaban J connectivity index is 2.26. The number of imidazole rings is 1. The van der Waals surface area contributed by atoms with Gasteiger partial charge in [0.15, 0.2) is 0 Å². The number of H-pyrrole nitrogens is 1. The quantitative estimate of drug-likeness (QED) is 0.893. The van der Waals surface area contributed by atoms with Crippen molar-refractivity contribution in [2.45, 2.75) is 19.4 Å². The zero-order valence-electron chi connectivity index (χ0n) is 10.4. The first-order valence-electron chi connectivity index (χ1n) is 5.73. The molecule has 0 spiro atoms. The second-order valence-corrected chi connectivity index (χ2v) is 4.68. The second kappa shape index (κ2) is 5.42. The number of halogens is 1. The molecular formula is C13H16ClN3O. The van der Waals surface area contributed by atoms with Crippen LogP contribution in [-0.4, -0.2) is 23.1 Å². The first kappa shape index (κ1) is 12.9. The molecule has 0 fully saturated rings. The number of nitrogens with one attached hydrogen (secondary N) is 1. The van der Waals surface area contributed by atoms with E-state index in [2.05, 4.69) is 9.97 Å². The highest BCUT2D eigenvalue weighted by Gasteiger charge is 2.07. The van der Waals surface area contributed by atoms with Crippen molar-refractivity contribution in [2.24, 2.45) is 5.73 Å². The molecule has 1 aromatic heterocycles. The Morgan fingerprint density at radius 2 is 2.28 bits per heavy atom. The van der Waals surface area contributed by atoms with Gasteiger partial charge in [0, 0.05) is 18.0 Å². The summed E-state index contributed by atoms with van der Waals surface area (Å²) < 4.78 is 5.12. The lowest BCUT2D eigenvalue weighted by Crippen LogP contribution is -2.18. The summed E-state index contributed by atoms with van der Waals surface area (Å²) in [4.78, 5) is 7.53. The first-order chi connectivity index (χ1) is 8.60. The largest absolute Gasteiger partial charge is 0.495 e. The summed E-state index contributed by atoms with van der Waals surface area (Å²) in [6.45, 7) is 1.95. The van der Waals surface area contributed by atoms with Crippen LogP contribution in [-0.2, 0) is 6.42 Å². The number of nitrogens with two attached hydrogens (primary N) is 1. The van der Waals surface area contributed by atoms with Crippen LogP contribution in [0.2, 0.25) is 5.02 Å². The van der Waals surface area contributed by atoms with Gasteiger partial charge in [0.25, 0.3) is 0 Å². The summed E-state index contributed by atoms with van der Waals surface area (Å²) in [5.74, 6) is 1.54. The number of hydrogen-bond donors (Lipinski definition) is 2. The minimum Gasteiger partial charge on any atom is -0.495 e. The Morgan fingerprint density at radius 3 is 2.89 bits per heavy atom. The minimum absolute atomic E-state index is 0.0865. The molecule has 3 N–H and O–H groups in total. The highest BCUT2D eigenvalue weighted by molar-refractivity contribution is 6.32. The Bertz CT molecular complexity index is 537. The number of hydrogen-bond acceptors (Lipinski definition) is 3. The number of nitrogens with zero attached hydrogens (tertiary/aromatic N) is 1. The molecule has 0 saturated heterocycles. The monoisotopic (exact) mass is 265 g/mol. The highest BCUT2D eigenvalue weighted by atomic mass is 35.5. The van der Waals surface area contributed by atoms with E-state index in [-0.39, 0.29) is 6.04 Å². The molecule has 18 heavy (non-hydrogen) atoms. The van der Waals surface area contributed by atoms with Crippen molar-refractivity contribution in [3.8, 4) is 17.0 Å². The predicted octanol–water partition coefficient (Wildman–Crippen LogP) is 2.63. The lowest BCUT2D eigenvalue weighted by Gasteiger charge is -2.04. The summed E-state index contributed by atoms with van der Waals surface area (Å²) in [5, 5.41) is 0.582. The molecule has 0 amide bonds. The van der Waals surface area contributed by atoms with Gasteiger partial charge >= 0.3 is 0 Å². The van der Waals surface area contributed by atoms with Gasteiger partial charge in [0.1, 0.15) is 11.6 Å². The normalized spacial score (nSPS) is 12.4. The van der Waals surface area contributed by atoms with Crippen LogP contribution in [0.3, 0.4) is 0 Å². The fourth-order valence-electron chi connectivity index (χ4n) is 1.75. The fraction of sp³-hybridized carbons (Fsp3) is 0.308. The van der Waals surface area contributed by atoms with Crippen LogP contribution in [0.25, 0.3) is 11.3 Å². The third-order valence-corrected chi connectivity index (χ3v) is 2.90. The third kappa shape index (κ3) is 2.83. The van der Waals surface area contributed by atoms with E-state index in [1.165, 1.54) is 0 Å². The van der Waals surface area contributed by atoms with Crippen LogP contribution < -0.4 is 10.5 Å². The van der Waals surface area contributed by atoms with Gasteiger partial charge < -0.3 is 15.5 Å². The molecule has 0 radical (unpaired) electrons. The number of rotatable bonds is 4. The minimum atomic E-state index is 0.0865. The molecule has 2 rings (SSSR count). The molecule has 1 heterocycles. The molecule has 4 nitrogen and oxygen atoms in total. The molecule has 2 aromatic rings. The van der Waals surface area contributed by atoms with Gasteiger partial charge in [-0.2, -0.15) is 0 Å². The number of ether oxygens (including phenoxy) is 1. The zero-order valence-corrected chi connectivity index (χ0v) is 11.2. The molecule has 0 saturated carbocycles. The number of aromatic nitrogens is 2. The van der Waals surface area contributed by atoms with E-state index < -0.39 is 0 Å². The average molecular weight is 266 g/mol. The van der Waals surface area contributed by atoms with E-state index in [0.29, 0.717) is 10.8 Å². The molecular weight excluding hydrogens is 250 g/mol. The van der Waals surface area contributed by atoms with Gasteiger partial charge in [-0.1, -0.05) is 11.6 Å². The molecule has 5 heteroatoms. The van der Waals surface area contributed by atoms with Gasteiger partial charge in [-0.15, -0.1) is 0 Å². The van der Waals surface area contributed by atoms with Crippen LogP contribution in [0.15, 0.2) is 24.4 Å². The van der Waals surface area contributed by atoms with E-state index in [0.717, 1.165) is 23.5 Å². The smallest absolute Gasteiger partial charge is 0.137 e. The van der Waals surface area contributed by atoms with Gasteiger partial charge in [-0.3, -0.25) is 0 Å². The summed E-state index contributed by atoms with van der Waals surface area (Å²) in [6, 6.07) is 5.71. The van der Waals surface area contributed by atoms with Crippen molar-refractivity contribution in [1.82, 2.24) is 9.97 Å². The second-order valence-electron chi connectivity index (χ2n) is 4.27. The summed E-state index contributed by atoms with van der Waals surface area (Å²) >= 11 is 6.09. The van der Waals surface area contributed by atoms with Crippen molar-refractivity contribution in [3.63, 3.8) is 0 Å². The molecule has 0 aliphatic carbocycles. The van der Waals surface area contributed by atoms with E-state index in [1.54, 1.807) is 13.3 Å². The average Bonchev–Trinajstić information content (AvgIpc) is 2.76. The molecule has 0 bridgehead atoms. The standard InChI is InChI=1S/C13H16ClN3O/c1-8(15)5-13-16-7-11(17-13)9-3-4-12(18-2)10(14)6-9/h3-4,6-8H,5,15H2,1-2H3,(H,16,17). The maximum absolute atomic E-state index is 6.09. The van der Waals surface area contributed by atoms with Crippen LogP contribution >= 0.6 is 11.6 Å². The van der Waals surface area contributed by atoms with Crippen LogP contribution in [0.1, 0.15) is 12.7 Å². The van der Waals surface area contributed by atoms with Gasteiger partial charge in [-0.05, 0) is 25.1 Å². The maximum Gasteiger partial charge on any atom is 0.137 e. The van der Waals surface area contributed by atoms with Crippen LogP contribution in [0.4, 0.5) is 0 Å². The zero-order chi connectivity index (χ0) is 13.1. The molecule has 1 unspecified atom stereocenters. The molecule has 0 aliphatic heterocycles. The molecule has 1 atom stereocenters. The van der Waals surface area contributed by atoms with Crippen molar-refractivity contribution < 1.29 is 4.74 Å². The maximum atomic E-state index is 6.09. The van der Waals surface area contributed by atoms with Crippen molar-refractivity contribution in [2.75, 3.05) is 7.11 Å². The SMILES string of the molecule is COc1ccc(-c2cnc(CC(C)N)[nH]2)cc1Cl. The number of aromatic amines is 1. The summed E-state index contributed by atoms with van der Waals surface area (Å²) in [6.07, 6.45) is 2.51. The van der Waals surface area contributed by atoms with Crippen LogP contribution in [0.5, 0.6) is 5.75 Å². The van der Waals surface area contributed by atoms with E-state index in [9.17, 15) is 0 Å². The topological polar surface area (TPSA) is 63.9 Å². The van der Waals surface area contributed by atoms with Gasteiger partial charge in [0.2, 0.25) is 0 Å². The van der Waals surface area contributed by atoms with E-state index in [4.69, 9.17) is 22.1 Å². The lowest BCUT2D eigenvalue weighted by molar-refractivity contribution is 0.415. The Labute approximate surface area is 111 Å². The number of methoxy groups -OCH3 is 1. The Morgan fingerprint density at radius 1 is 1.50 bits per heavy atom. The lowest BCUT2D eigenvalue weighted by atomic mass is 10.1. The third-order valence-electron chi connectivity index (χ3n) is 2.61. The first-order valence-corrected chi connectivity index (χ1v) is 6.11. The number of benzene rings is 1. The fourth-order valence-corrected chi connectivity index (χ4v) is 2.01. The van der Waals surface area contributed by atoms with Gasteiger partial charge in [-0.25, -0.2) is 4.98 Å². The van der Waals surface area contributed by atoms with Gasteiger partial charge in [0.05, 0.1) is 24.0 Å². The van der Waals surface area contributed by atoms with Crippen LogP contribution in [0, 0.1) is 0 Å². The molecule has 0 aliphatic rings. The summed E-state index contributed by atoms with van der Waals surface area (Å²) in [5.41, 5.74) is 7.64. The molecule has 1 aromatic carbocycles. The highest BCUT2D eigenvalue weighted by Crippen LogP contribution is 2.29. The van der Waals surface area contributed by atoms with E-state index in [1.807, 2.05) is 25.1 Å². The van der Waals surface area contributed by atoms with Crippen molar-refractivity contribution in [3.05, 3.63) is 35.2 Å². The predicted molar refractivity (Wildman–Crippen MR) is 72.9 cm³/mol. The summed E-state index contributed by atoms with van der Waals surface area (Å²) in [7, 11) is 1.60. The Hall–Kier alpha value is -1.52. The van der Waals surface area contributed by atoms with Crippen molar-refractivity contribution in [1.29, 1.82) is 0 Å². The Kier molecular flexibility index (Phi) is 3.89. The molecule has 96 valence electrons. The van der Waals surface area contributed by atoms with Crippen molar-refractivity contribution >= 4 is 11.6 Å².